The number of hydrogen-bond acceptors (Lipinski definition) is 5. The van der Waals surface area contributed by atoms with Gasteiger partial charge < -0.3 is 15.5 Å². The highest BCUT2D eigenvalue weighted by Gasteiger charge is 2.25. The number of imidazole rings is 1. The zero-order valence-electron chi connectivity index (χ0n) is 20.9. The Morgan fingerprint density at radius 1 is 1.00 bits per heavy atom. The van der Waals surface area contributed by atoms with Crippen molar-refractivity contribution >= 4 is 23.1 Å². The lowest BCUT2D eigenvalue weighted by Gasteiger charge is -2.32. The molecule has 0 aliphatic carbocycles. The maximum absolute atomic E-state index is 13.4. The molecule has 0 spiro atoms. The van der Waals surface area contributed by atoms with E-state index in [1.54, 1.807) is 18.2 Å². The third kappa shape index (κ3) is 4.95. The summed E-state index contributed by atoms with van der Waals surface area (Å²) in [5.41, 5.74) is 6.03. The highest BCUT2D eigenvalue weighted by Crippen LogP contribution is 2.30. The molecule has 0 radical (unpaired) electrons. The van der Waals surface area contributed by atoms with Gasteiger partial charge in [-0.3, -0.25) is 14.0 Å². The second-order valence-electron chi connectivity index (χ2n) is 9.28. The summed E-state index contributed by atoms with van der Waals surface area (Å²) in [6.45, 7) is 2.81. The first-order chi connectivity index (χ1) is 18.0. The van der Waals surface area contributed by atoms with Gasteiger partial charge in [-0.05, 0) is 67.4 Å². The monoisotopic (exact) mass is 492 g/mol. The molecule has 1 aliphatic rings. The molecule has 2 aromatic carbocycles. The van der Waals surface area contributed by atoms with Crippen molar-refractivity contribution < 1.29 is 9.59 Å². The number of piperidine rings is 1. The Morgan fingerprint density at radius 2 is 1.70 bits per heavy atom. The van der Waals surface area contributed by atoms with Gasteiger partial charge in [0.15, 0.2) is 0 Å². The summed E-state index contributed by atoms with van der Waals surface area (Å²) in [6.07, 6.45) is 5.61. The zero-order chi connectivity index (χ0) is 25.9. The lowest BCUT2D eigenvalue weighted by Crippen LogP contribution is -2.44. The Bertz CT molecular complexity index is 1510. The van der Waals surface area contributed by atoms with Crippen molar-refractivity contribution in [3.8, 4) is 28.5 Å². The molecule has 0 unspecified atom stereocenters. The van der Waals surface area contributed by atoms with Crippen LogP contribution in [-0.4, -0.2) is 52.3 Å². The van der Waals surface area contributed by atoms with Gasteiger partial charge in [0, 0.05) is 37.8 Å². The number of carbonyl (C=O) groups is 2. The Kier molecular flexibility index (Phi) is 6.71. The van der Waals surface area contributed by atoms with Crippen molar-refractivity contribution in [3.05, 3.63) is 78.1 Å². The van der Waals surface area contributed by atoms with Gasteiger partial charge in [-0.25, -0.2) is 4.98 Å². The largest absolute Gasteiger partial charge is 0.338 e. The van der Waals surface area contributed by atoms with Gasteiger partial charge >= 0.3 is 0 Å². The summed E-state index contributed by atoms with van der Waals surface area (Å²) < 4.78 is 2.00. The van der Waals surface area contributed by atoms with Crippen molar-refractivity contribution in [2.75, 3.05) is 25.5 Å². The number of hydrogen-bond donors (Lipinski definition) is 2. The number of amides is 2. The molecule has 1 saturated heterocycles. The molecular weight excluding hydrogens is 464 g/mol. The number of fused-ring (bicyclic) bond motifs is 1. The summed E-state index contributed by atoms with van der Waals surface area (Å²) in [6, 6.07) is 19.4. The first kappa shape index (κ1) is 24.2. The number of benzene rings is 2. The number of rotatable bonds is 5. The van der Waals surface area contributed by atoms with Gasteiger partial charge in [0.1, 0.15) is 5.65 Å². The quantitative estimate of drug-likeness (QED) is 0.432. The molecule has 8 nitrogen and oxygen atoms in total. The summed E-state index contributed by atoms with van der Waals surface area (Å²) in [4.78, 5) is 31.7. The van der Waals surface area contributed by atoms with Gasteiger partial charge in [-0.2, -0.15) is 5.26 Å². The molecule has 0 atom stereocenters. The van der Waals surface area contributed by atoms with E-state index in [1.165, 1.54) is 6.92 Å². The summed E-state index contributed by atoms with van der Waals surface area (Å²) in [5, 5.41) is 15.2. The summed E-state index contributed by atoms with van der Waals surface area (Å²) in [7, 11) is 1.95. The lowest BCUT2D eigenvalue weighted by atomic mass is 10.0. The van der Waals surface area contributed by atoms with E-state index in [2.05, 4.69) is 21.7 Å². The average Bonchev–Trinajstić information content (AvgIpc) is 3.36. The molecule has 1 aliphatic heterocycles. The number of carbonyl (C=O) groups excluding carboxylic acids is 2. The minimum Gasteiger partial charge on any atom is -0.338 e. The van der Waals surface area contributed by atoms with Crippen LogP contribution in [0.5, 0.6) is 0 Å². The number of anilines is 1. The molecule has 186 valence electrons. The number of nitrogens with one attached hydrogen (secondary N) is 2. The van der Waals surface area contributed by atoms with Crippen molar-refractivity contribution in [1.82, 2.24) is 19.6 Å². The van der Waals surface area contributed by atoms with Crippen LogP contribution in [0.15, 0.2) is 67.0 Å². The molecule has 0 saturated carbocycles. The molecule has 0 bridgehead atoms. The van der Waals surface area contributed by atoms with Crippen LogP contribution in [0.1, 0.15) is 35.7 Å². The molecule has 4 aromatic rings. The van der Waals surface area contributed by atoms with E-state index in [9.17, 15) is 9.59 Å². The van der Waals surface area contributed by atoms with Crippen LogP contribution >= 0.6 is 0 Å². The van der Waals surface area contributed by atoms with Gasteiger partial charge in [0.25, 0.3) is 5.91 Å². The molecule has 1 fully saturated rings. The number of aromatic nitrogens is 2. The molecule has 5 rings (SSSR count). The Hall–Kier alpha value is -4.48. The van der Waals surface area contributed by atoms with Gasteiger partial charge in [-0.1, -0.05) is 18.2 Å². The Balaban J connectivity index is 1.49. The van der Waals surface area contributed by atoms with Crippen LogP contribution < -0.4 is 10.6 Å². The van der Waals surface area contributed by atoms with Crippen molar-refractivity contribution in [2.45, 2.75) is 25.8 Å². The Morgan fingerprint density at radius 3 is 2.38 bits per heavy atom. The molecule has 37 heavy (non-hydrogen) atoms. The van der Waals surface area contributed by atoms with Crippen LogP contribution in [0.3, 0.4) is 0 Å². The van der Waals surface area contributed by atoms with Crippen molar-refractivity contribution in [2.24, 2.45) is 0 Å². The summed E-state index contributed by atoms with van der Waals surface area (Å²) >= 11 is 0. The third-order valence-corrected chi connectivity index (χ3v) is 6.90. The normalized spacial score (nSPS) is 13.9. The van der Waals surface area contributed by atoms with E-state index in [1.807, 2.05) is 65.1 Å². The third-order valence-electron chi connectivity index (χ3n) is 6.90. The second-order valence-corrected chi connectivity index (χ2v) is 9.28. The first-order valence-corrected chi connectivity index (χ1v) is 12.3. The Labute approximate surface area is 215 Å². The lowest BCUT2D eigenvalue weighted by molar-refractivity contribution is -0.114. The fourth-order valence-electron chi connectivity index (χ4n) is 4.83. The molecule has 2 aromatic heterocycles. The minimum absolute atomic E-state index is 0.0713. The molecule has 2 amide bonds. The molecular formula is C29H28N6O2. The smallest absolute Gasteiger partial charge is 0.255 e. The molecule has 2 N–H and O–H groups in total. The van der Waals surface area contributed by atoms with Crippen LogP contribution in [0.4, 0.5) is 5.69 Å². The predicted octanol–water partition coefficient (Wildman–Crippen LogP) is 4.32. The highest BCUT2D eigenvalue weighted by molar-refractivity contribution is 6.04. The van der Waals surface area contributed by atoms with Gasteiger partial charge in [0.05, 0.1) is 34.8 Å². The fourth-order valence-corrected chi connectivity index (χ4v) is 4.83. The van der Waals surface area contributed by atoms with E-state index >= 15 is 0 Å². The zero-order valence-corrected chi connectivity index (χ0v) is 20.9. The van der Waals surface area contributed by atoms with Crippen molar-refractivity contribution in [1.29, 1.82) is 5.26 Å². The standard InChI is InChI=1S/C29H28N6O2/c1-19(36)33-26-15-22(7-9-25(26)29(37)34-13-11-24(31-2)12-14-34)23-8-10-28-32-17-27(35(28)18-23)21-5-3-20(16-30)4-6-21/h3-10,15,17-18,24,31H,11-14H2,1-2H3,(H,33,36). The predicted molar refractivity (Wildman–Crippen MR) is 143 cm³/mol. The van der Waals surface area contributed by atoms with E-state index in [0.29, 0.717) is 35.9 Å². The number of nitriles is 1. The molecule has 8 heteroatoms. The second kappa shape index (κ2) is 10.2. The number of pyridine rings is 1. The van der Waals surface area contributed by atoms with Crippen LogP contribution in [0.2, 0.25) is 0 Å². The fraction of sp³-hybridized carbons (Fsp3) is 0.241. The number of likely N-dealkylation sites (tertiary alicyclic amines) is 1. The SMILES string of the molecule is CNC1CCN(C(=O)c2ccc(-c3ccc4ncc(-c5ccc(C#N)cc5)n4c3)cc2NC(C)=O)CC1. The topological polar surface area (TPSA) is 103 Å². The maximum atomic E-state index is 13.4. The summed E-state index contributed by atoms with van der Waals surface area (Å²) in [5.74, 6) is -0.300. The average molecular weight is 493 g/mol. The first-order valence-electron chi connectivity index (χ1n) is 12.3. The van der Waals surface area contributed by atoms with E-state index in [0.717, 1.165) is 40.9 Å². The van der Waals surface area contributed by atoms with Gasteiger partial charge in [-0.15, -0.1) is 0 Å². The van der Waals surface area contributed by atoms with Crippen molar-refractivity contribution in [3.63, 3.8) is 0 Å². The van der Waals surface area contributed by atoms with Crippen LogP contribution in [0, 0.1) is 11.3 Å². The minimum atomic E-state index is -0.228. The van der Waals surface area contributed by atoms with Gasteiger partial charge in [0.2, 0.25) is 5.91 Å². The maximum Gasteiger partial charge on any atom is 0.255 e. The van der Waals surface area contributed by atoms with Crippen LogP contribution in [-0.2, 0) is 4.79 Å². The van der Waals surface area contributed by atoms with Crippen LogP contribution in [0.25, 0.3) is 28.0 Å². The number of nitrogens with zero attached hydrogens (tertiary/aromatic N) is 4. The van der Waals surface area contributed by atoms with E-state index in [4.69, 9.17) is 5.26 Å². The van der Waals surface area contributed by atoms with E-state index < -0.39 is 0 Å². The highest BCUT2D eigenvalue weighted by atomic mass is 16.2. The molecule has 3 heterocycles. The van der Waals surface area contributed by atoms with E-state index in [-0.39, 0.29) is 11.8 Å².